The SMILES string of the molecule is COc1ccc(COCC(O)CNC(=O)c2ccc3nc(C)c(C)nc3c2)cc1. The van der Waals surface area contributed by atoms with Crippen molar-refractivity contribution >= 4 is 16.9 Å². The average Bonchev–Trinajstić information content (AvgIpc) is 2.73. The van der Waals surface area contributed by atoms with Crippen molar-refractivity contribution in [2.75, 3.05) is 20.3 Å². The van der Waals surface area contributed by atoms with Crippen molar-refractivity contribution in [1.29, 1.82) is 0 Å². The second kappa shape index (κ2) is 9.45. The van der Waals surface area contributed by atoms with E-state index < -0.39 is 6.10 Å². The molecule has 0 aliphatic heterocycles. The zero-order valence-electron chi connectivity index (χ0n) is 16.8. The molecule has 0 radical (unpaired) electrons. The first-order valence-electron chi connectivity index (χ1n) is 9.38. The molecule has 7 heteroatoms. The van der Waals surface area contributed by atoms with Gasteiger partial charge in [0, 0.05) is 12.1 Å². The molecule has 1 unspecified atom stereocenters. The van der Waals surface area contributed by atoms with Crippen molar-refractivity contribution < 1.29 is 19.4 Å². The Labute approximate surface area is 169 Å². The van der Waals surface area contributed by atoms with E-state index in [-0.39, 0.29) is 19.1 Å². The number of carbonyl (C=O) groups excluding carboxylic acids is 1. The first-order chi connectivity index (χ1) is 14.0. The van der Waals surface area contributed by atoms with E-state index in [0.717, 1.165) is 28.2 Å². The third kappa shape index (κ3) is 5.49. The van der Waals surface area contributed by atoms with Gasteiger partial charge in [-0.05, 0) is 49.7 Å². The maximum absolute atomic E-state index is 12.4. The number of fused-ring (bicyclic) bond motifs is 1. The summed E-state index contributed by atoms with van der Waals surface area (Å²) in [5, 5.41) is 12.8. The van der Waals surface area contributed by atoms with Crippen LogP contribution in [0.4, 0.5) is 0 Å². The Morgan fingerprint density at radius 2 is 1.76 bits per heavy atom. The molecule has 2 N–H and O–H groups in total. The summed E-state index contributed by atoms with van der Waals surface area (Å²) in [5.41, 5.74) is 4.57. The summed E-state index contributed by atoms with van der Waals surface area (Å²) in [6, 6.07) is 12.7. The van der Waals surface area contributed by atoms with Crippen molar-refractivity contribution in [3.63, 3.8) is 0 Å². The van der Waals surface area contributed by atoms with Gasteiger partial charge in [0.15, 0.2) is 0 Å². The van der Waals surface area contributed by atoms with E-state index in [1.165, 1.54) is 0 Å². The Morgan fingerprint density at radius 3 is 2.45 bits per heavy atom. The van der Waals surface area contributed by atoms with Gasteiger partial charge in [0.05, 0.1) is 48.8 Å². The number of rotatable bonds is 8. The molecule has 0 bridgehead atoms. The van der Waals surface area contributed by atoms with Gasteiger partial charge in [0.2, 0.25) is 0 Å². The second-order valence-electron chi connectivity index (χ2n) is 6.82. The lowest BCUT2D eigenvalue weighted by Crippen LogP contribution is -2.34. The van der Waals surface area contributed by atoms with Gasteiger partial charge in [0.1, 0.15) is 5.75 Å². The fraction of sp³-hybridized carbons (Fsp3) is 0.318. The predicted molar refractivity (Wildman–Crippen MR) is 110 cm³/mol. The number of aromatic nitrogens is 2. The number of nitrogens with zero attached hydrogens (tertiary/aromatic N) is 2. The number of benzene rings is 2. The summed E-state index contributed by atoms with van der Waals surface area (Å²) in [6.07, 6.45) is -0.803. The average molecular weight is 395 g/mol. The lowest BCUT2D eigenvalue weighted by Gasteiger charge is -2.13. The van der Waals surface area contributed by atoms with Crippen LogP contribution < -0.4 is 10.1 Å². The molecule has 29 heavy (non-hydrogen) atoms. The van der Waals surface area contributed by atoms with E-state index in [1.54, 1.807) is 25.3 Å². The first-order valence-corrected chi connectivity index (χ1v) is 9.38. The zero-order chi connectivity index (χ0) is 20.8. The van der Waals surface area contributed by atoms with Gasteiger partial charge >= 0.3 is 0 Å². The van der Waals surface area contributed by atoms with E-state index in [0.29, 0.717) is 17.7 Å². The van der Waals surface area contributed by atoms with E-state index in [1.807, 2.05) is 38.1 Å². The predicted octanol–water partition coefficient (Wildman–Crippen LogP) is 2.56. The maximum atomic E-state index is 12.4. The van der Waals surface area contributed by atoms with Crippen molar-refractivity contribution in [3.8, 4) is 5.75 Å². The van der Waals surface area contributed by atoms with Crippen LogP contribution in [0.5, 0.6) is 5.75 Å². The topological polar surface area (TPSA) is 93.6 Å². The maximum Gasteiger partial charge on any atom is 0.251 e. The number of hydrogen-bond acceptors (Lipinski definition) is 6. The molecule has 0 saturated carbocycles. The minimum absolute atomic E-state index is 0.0953. The Bertz CT molecular complexity index is 989. The Kier molecular flexibility index (Phi) is 6.74. The van der Waals surface area contributed by atoms with Gasteiger partial charge in [-0.1, -0.05) is 12.1 Å². The molecule has 7 nitrogen and oxygen atoms in total. The largest absolute Gasteiger partial charge is 0.497 e. The molecule has 0 fully saturated rings. The number of aliphatic hydroxyl groups excluding tert-OH is 1. The molecule has 0 aliphatic carbocycles. The van der Waals surface area contributed by atoms with Gasteiger partial charge in [-0.3, -0.25) is 4.79 Å². The summed E-state index contributed by atoms with van der Waals surface area (Å²) >= 11 is 0. The molecule has 1 aromatic heterocycles. The molecule has 152 valence electrons. The molecule has 3 rings (SSSR count). The molecule has 3 aromatic rings. The van der Waals surface area contributed by atoms with Gasteiger partial charge in [0.25, 0.3) is 5.91 Å². The van der Waals surface area contributed by atoms with Crippen LogP contribution in [0.25, 0.3) is 11.0 Å². The minimum atomic E-state index is -0.803. The van der Waals surface area contributed by atoms with Crippen LogP contribution in [0.2, 0.25) is 0 Å². The Morgan fingerprint density at radius 1 is 1.07 bits per heavy atom. The summed E-state index contributed by atoms with van der Waals surface area (Å²) in [5.74, 6) is 0.502. The fourth-order valence-corrected chi connectivity index (χ4v) is 2.78. The van der Waals surface area contributed by atoms with Gasteiger partial charge < -0.3 is 19.9 Å². The highest BCUT2D eigenvalue weighted by Gasteiger charge is 2.11. The Balaban J connectivity index is 1.48. The van der Waals surface area contributed by atoms with Gasteiger partial charge in [-0.25, -0.2) is 9.97 Å². The van der Waals surface area contributed by atoms with Crippen LogP contribution in [0, 0.1) is 13.8 Å². The third-order valence-electron chi connectivity index (χ3n) is 4.57. The zero-order valence-corrected chi connectivity index (χ0v) is 16.8. The molecule has 2 aromatic carbocycles. The Hall–Kier alpha value is -3.03. The molecular weight excluding hydrogens is 370 g/mol. The smallest absolute Gasteiger partial charge is 0.251 e. The van der Waals surface area contributed by atoms with Crippen LogP contribution in [0.15, 0.2) is 42.5 Å². The number of carbonyl (C=O) groups is 1. The van der Waals surface area contributed by atoms with Crippen LogP contribution in [0.1, 0.15) is 27.3 Å². The van der Waals surface area contributed by atoms with Gasteiger partial charge in [-0.15, -0.1) is 0 Å². The lowest BCUT2D eigenvalue weighted by atomic mass is 10.1. The van der Waals surface area contributed by atoms with Crippen LogP contribution >= 0.6 is 0 Å². The van der Waals surface area contributed by atoms with E-state index in [4.69, 9.17) is 9.47 Å². The highest BCUT2D eigenvalue weighted by atomic mass is 16.5. The molecule has 0 saturated heterocycles. The number of hydrogen-bond donors (Lipinski definition) is 2. The van der Waals surface area contributed by atoms with E-state index in [9.17, 15) is 9.90 Å². The van der Waals surface area contributed by atoms with Crippen molar-refractivity contribution in [2.45, 2.75) is 26.6 Å². The van der Waals surface area contributed by atoms with Crippen LogP contribution in [-0.4, -0.2) is 47.3 Å². The van der Waals surface area contributed by atoms with Crippen LogP contribution in [-0.2, 0) is 11.3 Å². The minimum Gasteiger partial charge on any atom is -0.497 e. The molecule has 1 atom stereocenters. The molecule has 1 amide bonds. The summed E-state index contributed by atoms with van der Waals surface area (Å²) in [6.45, 7) is 4.38. The third-order valence-corrected chi connectivity index (χ3v) is 4.57. The van der Waals surface area contributed by atoms with Crippen molar-refractivity contribution in [1.82, 2.24) is 15.3 Å². The normalized spacial score (nSPS) is 12.0. The number of aryl methyl sites for hydroxylation is 2. The monoisotopic (exact) mass is 395 g/mol. The summed E-state index contributed by atoms with van der Waals surface area (Å²) in [4.78, 5) is 21.3. The number of methoxy groups -OCH3 is 1. The molecule has 1 heterocycles. The molecule has 0 spiro atoms. The molecular formula is C22H25N3O4. The van der Waals surface area contributed by atoms with Gasteiger partial charge in [-0.2, -0.15) is 0 Å². The quantitative estimate of drug-likeness (QED) is 0.609. The lowest BCUT2D eigenvalue weighted by molar-refractivity contribution is 0.0285. The summed E-state index contributed by atoms with van der Waals surface area (Å²) in [7, 11) is 1.61. The highest BCUT2D eigenvalue weighted by Crippen LogP contribution is 2.15. The summed E-state index contributed by atoms with van der Waals surface area (Å²) < 4.78 is 10.6. The number of aliphatic hydroxyl groups is 1. The first kappa shape index (κ1) is 20.7. The standard InChI is InChI=1S/C22H25N3O4/c1-14-15(2)25-21-10-17(6-9-20(21)24-14)22(27)23-11-18(26)13-29-12-16-4-7-19(28-3)8-5-16/h4-10,18,26H,11-13H2,1-3H3,(H,23,27). The van der Waals surface area contributed by atoms with Crippen LogP contribution in [0.3, 0.4) is 0 Å². The number of nitrogens with one attached hydrogen (secondary N) is 1. The van der Waals surface area contributed by atoms with E-state index in [2.05, 4.69) is 15.3 Å². The highest BCUT2D eigenvalue weighted by molar-refractivity contribution is 5.97. The second-order valence-corrected chi connectivity index (χ2v) is 6.82. The number of ether oxygens (including phenoxy) is 2. The fourth-order valence-electron chi connectivity index (χ4n) is 2.78. The van der Waals surface area contributed by atoms with E-state index >= 15 is 0 Å². The van der Waals surface area contributed by atoms with Crippen molar-refractivity contribution in [3.05, 3.63) is 65.0 Å². The molecule has 0 aliphatic rings. The van der Waals surface area contributed by atoms with Crippen molar-refractivity contribution in [2.24, 2.45) is 0 Å². The number of amides is 1.